The number of imide groups is 1. The number of fused-ring (bicyclic) bond motifs is 1. The van der Waals surface area contributed by atoms with Gasteiger partial charge in [0.05, 0.1) is 17.2 Å². The summed E-state index contributed by atoms with van der Waals surface area (Å²) in [4.78, 5) is 25.0. The molecule has 0 unspecified atom stereocenters. The van der Waals surface area contributed by atoms with Gasteiger partial charge in [0.1, 0.15) is 0 Å². The Hall–Kier alpha value is -1.33. The molecule has 0 radical (unpaired) electrons. The quantitative estimate of drug-likeness (QED) is 0.751. The Morgan fingerprint density at radius 3 is 2.32 bits per heavy atom. The van der Waals surface area contributed by atoms with E-state index in [0.717, 1.165) is 15.2 Å². The van der Waals surface area contributed by atoms with Crippen molar-refractivity contribution < 1.29 is 9.59 Å². The predicted octanol–water partition coefficient (Wildman–Crippen LogP) is 3.21. The highest BCUT2D eigenvalue weighted by Crippen LogP contribution is 2.27. The fourth-order valence-electron chi connectivity index (χ4n) is 2.12. The summed E-state index contributed by atoms with van der Waals surface area (Å²) < 4.78 is 1.01. The molecule has 1 heterocycles. The summed E-state index contributed by atoms with van der Waals surface area (Å²) in [5, 5.41) is 2.09. The van der Waals surface area contributed by atoms with Gasteiger partial charge in [0.15, 0.2) is 0 Å². The maximum Gasteiger partial charge on any atom is 0.243 e. The van der Waals surface area contributed by atoms with E-state index < -0.39 is 0 Å². The van der Waals surface area contributed by atoms with Gasteiger partial charge in [0.25, 0.3) is 0 Å². The largest absolute Gasteiger partial charge is 0.273 e. The number of carbonyl (C=O) groups excluding carboxylic acids is 2. The van der Waals surface area contributed by atoms with E-state index in [1.807, 2.05) is 36.4 Å². The van der Waals surface area contributed by atoms with Crippen molar-refractivity contribution in [2.75, 3.05) is 16.4 Å². The second-order valence-corrected chi connectivity index (χ2v) is 6.19. The summed E-state index contributed by atoms with van der Waals surface area (Å²) in [6, 6.07) is 11.6. The Kier molecular flexibility index (Phi) is 3.33. The summed E-state index contributed by atoms with van der Waals surface area (Å²) in [6.45, 7) is 0. The van der Waals surface area contributed by atoms with Crippen molar-refractivity contribution >= 4 is 56.0 Å². The molecule has 5 heteroatoms. The summed E-state index contributed by atoms with van der Waals surface area (Å²) in [5.41, 5.74) is 0.658. The van der Waals surface area contributed by atoms with Crippen molar-refractivity contribution in [3.8, 4) is 0 Å². The van der Waals surface area contributed by atoms with Gasteiger partial charge in [-0.2, -0.15) is 0 Å². The first-order valence-electron chi connectivity index (χ1n) is 5.78. The molecule has 0 aliphatic carbocycles. The number of hydrogen-bond acceptors (Lipinski definition) is 3. The number of anilines is 1. The van der Waals surface area contributed by atoms with Crippen molar-refractivity contribution in [3.05, 3.63) is 40.9 Å². The van der Waals surface area contributed by atoms with Gasteiger partial charge in [-0.25, -0.2) is 4.90 Å². The molecular weight excluding hydrogens is 326 g/mol. The molecule has 0 bridgehead atoms. The van der Waals surface area contributed by atoms with Crippen LogP contribution in [0.4, 0.5) is 5.69 Å². The maximum atomic E-state index is 11.9. The molecule has 3 nitrogen and oxygen atoms in total. The molecule has 2 aromatic carbocycles. The molecule has 96 valence electrons. The van der Waals surface area contributed by atoms with Crippen LogP contribution < -0.4 is 4.90 Å². The SMILES string of the molecule is O=C1CSCC(=O)N1c1ccc2cc(Br)ccc2c1. The first kappa shape index (κ1) is 12.7. The van der Waals surface area contributed by atoms with Crippen LogP contribution in [0, 0.1) is 0 Å². The third kappa shape index (κ3) is 2.40. The van der Waals surface area contributed by atoms with Crippen LogP contribution in [0.25, 0.3) is 10.8 Å². The van der Waals surface area contributed by atoms with Gasteiger partial charge in [-0.15, -0.1) is 11.8 Å². The van der Waals surface area contributed by atoms with Crippen LogP contribution in [0.2, 0.25) is 0 Å². The van der Waals surface area contributed by atoms with E-state index in [9.17, 15) is 9.59 Å². The van der Waals surface area contributed by atoms with E-state index in [2.05, 4.69) is 15.9 Å². The normalized spacial score (nSPS) is 16.2. The lowest BCUT2D eigenvalue weighted by Crippen LogP contribution is -2.43. The van der Waals surface area contributed by atoms with Crippen molar-refractivity contribution in [2.24, 2.45) is 0 Å². The van der Waals surface area contributed by atoms with Crippen LogP contribution >= 0.6 is 27.7 Å². The third-order valence-corrected chi connectivity index (χ3v) is 4.39. The van der Waals surface area contributed by atoms with Gasteiger partial charge >= 0.3 is 0 Å². The number of hydrogen-bond donors (Lipinski definition) is 0. The maximum absolute atomic E-state index is 11.9. The van der Waals surface area contributed by atoms with E-state index >= 15 is 0 Å². The van der Waals surface area contributed by atoms with E-state index in [0.29, 0.717) is 17.2 Å². The number of rotatable bonds is 1. The fraction of sp³-hybridized carbons (Fsp3) is 0.143. The Bertz CT molecular complexity index is 670. The molecule has 1 saturated heterocycles. The zero-order chi connectivity index (χ0) is 13.4. The van der Waals surface area contributed by atoms with Crippen LogP contribution in [-0.4, -0.2) is 23.3 Å². The average Bonchev–Trinajstić information content (AvgIpc) is 2.38. The van der Waals surface area contributed by atoms with E-state index in [-0.39, 0.29) is 11.8 Å². The number of amides is 2. The fourth-order valence-corrected chi connectivity index (χ4v) is 3.21. The number of thioether (sulfide) groups is 1. The monoisotopic (exact) mass is 335 g/mol. The van der Waals surface area contributed by atoms with Gasteiger partial charge < -0.3 is 0 Å². The number of halogens is 1. The van der Waals surface area contributed by atoms with E-state index in [4.69, 9.17) is 0 Å². The van der Waals surface area contributed by atoms with Crippen LogP contribution in [0.1, 0.15) is 0 Å². The summed E-state index contributed by atoms with van der Waals surface area (Å²) in [6.07, 6.45) is 0. The van der Waals surface area contributed by atoms with Crippen LogP contribution in [0.5, 0.6) is 0 Å². The van der Waals surface area contributed by atoms with Gasteiger partial charge in [-0.1, -0.05) is 28.1 Å². The number of benzene rings is 2. The van der Waals surface area contributed by atoms with Crippen molar-refractivity contribution in [3.63, 3.8) is 0 Å². The molecule has 0 aromatic heterocycles. The number of carbonyl (C=O) groups is 2. The minimum Gasteiger partial charge on any atom is -0.273 e. The molecule has 0 spiro atoms. The van der Waals surface area contributed by atoms with Crippen LogP contribution in [-0.2, 0) is 9.59 Å². The van der Waals surface area contributed by atoms with Crippen molar-refractivity contribution in [2.45, 2.75) is 0 Å². The zero-order valence-electron chi connectivity index (χ0n) is 9.93. The third-order valence-electron chi connectivity index (χ3n) is 2.99. The Morgan fingerprint density at radius 1 is 0.947 bits per heavy atom. The zero-order valence-corrected chi connectivity index (χ0v) is 12.3. The molecule has 19 heavy (non-hydrogen) atoms. The van der Waals surface area contributed by atoms with E-state index in [1.165, 1.54) is 16.7 Å². The lowest BCUT2D eigenvalue weighted by atomic mass is 10.1. The smallest absolute Gasteiger partial charge is 0.243 e. The van der Waals surface area contributed by atoms with Crippen molar-refractivity contribution in [1.29, 1.82) is 0 Å². The summed E-state index contributed by atoms with van der Waals surface area (Å²) in [5.74, 6) is 0.448. The van der Waals surface area contributed by atoms with Crippen LogP contribution in [0.15, 0.2) is 40.9 Å². The Balaban J connectivity index is 2.07. The van der Waals surface area contributed by atoms with E-state index in [1.54, 1.807) is 0 Å². The highest BCUT2D eigenvalue weighted by molar-refractivity contribution is 9.10. The van der Waals surface area contributed by atoms with Gasteiger partial charge in [-0.05, 0) is 35.0 Å². The van der Waals surface area contributed by atoms with Crippen molar-refractivity contribution in [1.82, 2.24) is 0 Å². The lowest BCUT2D eigenvalue weighted by Gasteiger charge is -2.24. The molecule has 0 atom stereocenters. The molecule has 2 aromatic rings. The topological polar surface area (TPSA) is 37.4 Å². The summed E-state index contributed by atoms with van der Waals surface area (Å²) >= 11 is 4.79. The molecule has 0 N–H and O–H groups in total. The number of nitrogens with zero attached hydrogens (tertiary/aromatic N) is 1. The van der Waals surface area contributed by atoms with Gasteiger partial charge in [-0.3, -0.25) is 9.59 Å². The molecule has 1 fully saturated rings. The second kappa shape index (κ2) is 4.98. The first-order valence-corrected chi connectivity index (χ1v) is 7.73. The highest BCUT2D eigenvalue weighted by atomic mass is 79.9. The minimum absolute atomic E-state index is 0.141. The second-order valence-electron chi connectivity index (χ2n) is 4.29. The summed E-state index contributed by atoms with van der Waals surface area (Å²) in [7, 11) is 0. The van der Waals surface area contributed by atoms with Crippen LogP contribution in [0.3, 0.4) is 0 Å². The molecule has 0 saturated carbocycles. The van der Waals surface area contributed by atoms with Gasteiger partial charge in [0.2, 0.25) is 11.8 Å². The molecule has 2 amide bonds. The minimum atomic E-state index is -0.141. The highest BCUT2D eigenvalue weighted by Gasteiger charge is 2.27. The molecule has 3 rings (SSSR count). The Morgan fingerprint density at radius 2 is 1.58 bits per heavy atom. The lowest BCUT2D eigenvalue weighted by molar-refractivity contribution is -0.124. The standard InChI is InChI=1S/C14H10BrNO2S/c15-11-3-1-10-6-12(4-2-9(10)5-11)16-13(17)7-19-8-14(16)18/h1-6H,7-8H2. The predicted molar refractivity (Wildman–Crippen MR) is 81.5 cm³/mol. The molecule has 1 aliphatic heterocycles. The molecular formula is C14H10BrNO2S. The molecule has 1 aliphatic rings. The average molecular weight is 336 g/mol. The van der Waals surface area contributed by atoms with Gasteiger partial charge in [0, 0.05) is 4.47 Å². The first-order chi connectivity index (χ1) is 9.15. The Labute approximate surface area is 123 Å².